The summed E-state index contributed by atoms with van der Waals surface area (Å²) in [5.41, 5.74) is 1.68. The molecule has 3 rings (SSSR count). The first-order valence-electron chi connectivity index (χ1n) is 6.74. The van der Waals surface area contributed by atoms with Gasteiger partial charge in [0.15, 0.2) is 21.3 Å². The second-order valence-electron chi connectivity index (χ2n) is 5.15. The van der Waals surface area contributed by atoms with E-state index < -0.39 is 9.84 Å². The summed E-state index contributed by atoms with van der Waals surface area (Å²) in [6.45, 7) is 0.0799. The van der Waals surface area contributed by atoms with Crippen LogP contribution in [0.1, 0.15) is 16.7 Å². The number of nitrogens with zero attached hydrogens (tertiary/aromatic N) is 1. The average Bonchev–Trinajstić information content (AvgIpc) is 2.96. The molecule has 0 amide bonds. The van der Waals surface area contributed by atoms with Crippen molar-refractivity contribution in [3.63, 3.8) is 0 Å². The van der Waals surface area contributed by atoms with Gasteiger partial charge in [0, 0.05) is 0 Å². The van der Waals surface area contributed by atoms with Crippen LogP contribution in [0.4, 0.5) is 0 Å². The van der Waals surface area contributed by atoms with Gasteiger partial charge in [0.25, 0.3) is 0 Å². The average molecular weight is 350 g/mol. The molecule has 0 aliphatic carbocycles. The molecule has 1 aliphatic rings. The second kappa shape index (κ2) is 6.11. The van der Waals surface area contributed by atoms with Crippen LogP contribution in [0, 0.1) is 11.3 Å². The molecular formula is C16H12ClNO4S. The van der Waals surface area contributed by atoms with Gasteiger partial charge in [0.05, 0.1) is 28.2 Å². The first kappa shape index (κ1) is 15.7. The lowest BCUT2D eigenvalue weighted by atomic mass is 10.2. The number of benzene rings is 2. The Balaban J connectivity index is 1.78. The molecule has 2 aromatic carbocycles. The Bertz CT molecular complexity index is 886. The molecule has 0 saturated heterocycles. The number of rotatable bonds is 4. The summed E-state index contributed by atoms with van der Waals surface area (Å²) in [6.07, 6.45) is 0. The summed E-state index contributed by atoms with van der Waals surface area (Å²) in [7, 11) is -3.38. The smallest absolute Gasteiger partial charge is 0.231 e. The van der Waals surface area contributed by atoms with E-state index in [0.717, 1.165) is 0 Å². The zero-order valence-corrected chi connectivity index (χ0v) is 13.5. The van der Waals surface area contributed by atoms with Crippen LogP contribution < -0.4 is 9.47 Å². The van der Waals surface area contributed by atoms with E-state index in [2.05, 4.69) is 0 Å². The third-order valence-corrected chi connectivity index (χ3v) is 5.17. The van der Waals surface area contributed by atoms with Crippen LogP contribution in [-0.4, -0.2) is 15.2 Å². The Morgan fingerprint density at radius 1 is 1.09 bits per heavy atom. The maximum Gasteiger partial charge on any atom is 0.231 e. The molecule has 5 nitrogen and oxygen atoms in total. The minimum absolute atomic E-state index is 0.0799. The minimum Gasteiger partial charge on any atom is -0.454 e. The Kier molecular flexibility index (Phi) is 4.16. The second-order valence-corrected chi connectivity index (χ2v) is 7.62. The van der Waals surface area contributed by atoms with Crippen LogP contribution in [0.15, 0.2) is 36.4 Å². The zero-order valence-electron chi connectivity index (χ0n) is 12.0. The van der Waals surface area contributed by atoms with Gasteiger partial charge in [-0.3, -0.25) is 0 Å². The minimum atomic E-state index is -3.38. The molecule has 1 aliphatic heterocycles. The van der Waals surface area contributed by atoms with E-state index in [4.69, 9.17) is 26.3 Å². The normalized spacial score (nSPS) is 12.9. The first-order chi connectivity index (χ1) is 11.0. The van der Waals surface area contributed by atoms with E-state index in [1.54, 1.807) is 36.4 Å². The van der Waals surface area contributed by atoms with Crippen molar-refractivity contribution in [1.29, 1.82) is 5.26 Å². The lowest BCUT2D eigenvalue weighted by Gasteiger charge is -2.07. The van der Waals surface area contributed by atoms with Gasteiger partial charge >= 0.3 is 0 Å². The fourth-order valence-corrected chi connectivity index (χ4v) is 4.10. The molecule has 0 fully saturated rings. The van der Waals surface area contributed by atoms with E-state index in [0.29, 0.717) is 33.2 Å². The van der Waals surface area contributed by atoms with Gasteiger partial charge in [-0.05, 0) is 35.4 Å². The lowest BCUT2D eigenvalue weighted by Crippen LogP contribution is -2.07. The fraction of sp³-hybridized carbons (Fsp3) is 0.188. The SMILES string of the molecule is N#Cc1ccc(CS(=O)(=O)Cc2cc(Cl)c3c(c2)OCO3)cc1. The summed E-state index contributed by atoms with van der Waals surface area (Å²) in [4.78, 5) is 0. The van der Waals surface area contributed by atoms with Gasteiger partial charge in [-0.2, -0.15) is 5.26 Å². The third kappa shape index (κ3) is 3.58. The zero-order chi connectivity index (χ0) is 16.4. The van der Waals surface area contributed by atoms with Gasteiger partial charge in [0.2, 0.25) is 6.79 Å². The molecule has 2 aromatic rings. The van der Waals surface area contributed by atoms with Crippen LogP contribution in [-0.2, 0) is 21.3 Å². The Labute approximate surface area is 138 Å². The quantitative estimate of drug-likeness (QED) is 0.847. The van der Waals surface area contributed by atoms with E-state index >= 15 is 0 Å². The molecule has 0 bridgehead atoms. The molecule has 0 spiro atoms. The van der Waals surface area contributed by atoms with Crippen LogP contribution >= 0.6 is 11.6 Å². The summed E-state index contributed by atoms with van der Waals surface area (Å²) in [6, 6.07) is 11.7. The Hall–Kier alpha value is -2.23. The highest BCUT2D eigenvalue weighted by Gasteiger charge is 2.21. The van der Waals surface area contributed by atoms with Crippen LogP contribution in [0.2, 0.25) is 5.02 Å². The predicted octanol–water partition coefficient (Wildman–Crippen LogP) is 3.06. The summed E-state index contributed by atoms with van der Waals surface area (Å²) in [5, 5.41) is 9.09. The molecule has 118 valence electrons. The number of nitriles is 1. The number of hydrogen-bond acceptors (Lipinski definition) is 5. The highest BCUT2D eigenvalue weighted by molar-refractivity contribution is 7.89. The van der Waals surface area contributed by atoms with Gasteiger partial charge in [-0.25, -0.2) is 8.42 Å². The van der Waals surface area contributed by atoms with Crippen molar-refractivity contribution < 1.29 is 17.9 Å². The molecular weight excluding hydrogens is 338 g/mol. The van der Waals surface area contributed by atoms with E-state index in [1.807, 2.05) is 6.07 Å². The summed E-state index contributed by atoms with van der Waals surface area (Å²) < 4.78 is 35.2. The monoisotopic (exact) mass is 349 g/mol. The Morgan fingerprint density at radius 2 is 1.78 bits per heavy atom. The molecule has 0 radical (unpaired) electrons. The molecule has 0 aromatic heterocycles. The number of sulfone groups is 1. The van der Waals surface area contributed by atoms with Gasteiger partial charge in [-0.1, -0.05) is 23.7 Å². The fourth-order valence-electron chi connectivity index (χ4n) is 2.34. The number of hydrogen-bond donors (Lipinski definition) is 0. The van der Waals surface area contributed by atoms with Crippen molar-refractivity contribution >= 4 is 21.4 Å². The molecule has 0 atom stereocenters. The van der Waals surface area contributed by atoms with Crippen molar-refractivity contribution in [3.05, 3.63) is 58.1 Å². The maximum absolute atomic E-state index is 12.4. The van der Waals surface area contributed by atoms with Gasteiger partial charge in [0.1, 0.15) is 0 Å². The van der Waals surface area contributed by atoms with Crippen molar-refractivity contribution in [2.24, 2.45) is 0 Å². The van der Waals surface area contributed by atoms with Crippen molar-refractivity contribution in [1.82, 2.24) is 0 Å². The topological polar surface area (TPSA) is 76.4 Å². The molecule has 23 heavy (non-hydrogen) atoms. The summed E-state index contributed by atoms with van der Waals surface area (Å²) >= 11 is 6.07. The third-order valence-electron chi connectivity index (χ3n) is 3.34. The van der Waals surface area contributed by atoms with Crippen LogP contribution in [0.5, 0.6) is 11.5 Å². The van der Waals surface area contributed by atoms with E-state index in [9.17, 15) is 8.42 Å². The van der Waals surface area contributed by atoms with Gasteiger partial charge in [-0.15, -0.1) is 0 Å². The molecule has 0 N–H and O–H groups in total. The largest absolute Gasteiger partial charge is 0.454 e. The van der Waals surface area contributed by atoms with Crippen LogP contribution in [0.3, 0.4) is 0 Å². The summed E-state index contributed by atoms with van der Waals surface area (Å²) in [5.74, 6) is 0.648. The standard InChI is InChI=1S/C16H12ClNO4S/c17-14-5-13(6-15-16(14)22-10-21-15)9-23(19,20)8-12-3-1-11(7-18)2-4-12/h1-6H,8-10H2. The molecule has 7 heteroatoms. The molecule has 0 unspecified atom stereocenters. The van der Waals surface area contributed by atoms with Crippen LogP contribution in [0.25, 0.3) is 0 Å². The lowest BCUT2D eigenvalue weighted by molar-refractivity contribution is 0.174. The Morgan fingerprint density at radius 3 is 2.48 bits per heavy atom. The molecule has 1 heterocycles. The van der Waals surface area contributed by atoms with E-state index in [1.165, 1.54) is 0 Å². The number of fused-ring (bicyclic) bond motifs is 1. The highest BCUT2D eigenvalue weighted by Crippen LogP contribution is 2.40. The van der Waals surface area contributed by atoms with Crippen molar-refractivity contribution in [2.75, 3.05) is 6.79 Å². The first-order valence-corrected chi connectivity index (χ1v) is 8.94. The highest BCUT2D eigenvalue weighted by atomic mass is 35.5. The van der Waals surface area contributed by atoms with E-state index in [-0.39, 0.29) is 18.3 Å². The maximum atomic E-state index is 12.4. The number of halogens is 1. The predicted molar refractivity (Wildman–Crippen MR) is 85.1 cm³/mol. The van der Waals surface area contributed by atoms with Crippen molar-refractivity contribution in [3.8, 4) is 17.6 Å². The van der Waals surface area contributed by atoms with Crippen molar-refractivity contribution in [2.45, 2.75) is 11.5 Å². The number of ether oxygens (including phenoxy) is 2. The molecule has 0 saturated carbocycles. The van der Waals surface area contributed by atoms with Gasteiger partial charge < -0.3 is 9.47 Å².